The zero-order valence-electron chi connectivity index (χ0n) is 17.3. The van der Waals surface area contributed by atoms with Crippen LogP contribution in [0.25, 0.3) is 0 Å². The largest absolute Gasteiger partial charge is 0.463 e. The van der Waals surface area contributed by atoms with Crippen molar-refractivity contribution in [1.82, 2.24) is 10.6 Å². The van der Waals surface area contributed by atoms with E-state index in [4.69, 9.17) is 9.47 Å². The quantitative estimate of drug-likeness (QED) is 0.610. The Hall–Kier alpha value is -3.26. The van der Waals surface area contributed by atoms with Gasteiger partial charge in [0.15, 0.2) is 0 Å². The standard InChI is InChI=1S/C23H24N2O5S/c1-3-29-22(27)19-18(24-23(28)25-20(19)16-7-5-4-6-8-16)13-30-21(26)17-11-9-15(10-12-17)14-31-2/h4-12,20H,3,13-14H2,1-2H3,(H2,24,25,28)/t20-/m1/s1. The summed E-state index contributed by atoms with van der Waals surface area (Å²) in [4.78, 5) is 37.4. The molecule has 0 saturated heterocycles. The maximum atomic E-state index is 12.7. The number of hydrogen-bond acceptors (Lipinski definition) is 6. The van der Waals surface area contributed by atoms with E-state index >= 15 is 0 Å². The summed E-state index contributed by atoms with van der Waals surface area (Å²) in [7, 11) is 0. The van der Waals surface area contributed by atoms with Crippen molar-refractivity contribution in [3.8, 4) is 0 Å². The first-order chi connectivity index (χ1) is 15.0. The maximum absolute atomic E-state index is 12.7. The number of amides is 2. The second kappa shape index (κ2) is 10.7. The Bertz CT molecular complexity index is 973. The molecule has 3 rings (SSSR count). The molecule has 2 aromatic rings. The Morgan fingerprint density at radius 1 is 1.00 bits per heavy atom. The van der Waals surface area contributed by atoms with Crippen LogP contribution in [0.5, 0.6) is 0 Å². The lowest BCUT2D eigenvalue weighted by Crippen LogP contribution is -2.47. The third-order valence-corrected chi connectivity index (χ3v) is 5.25. The lowest BCUT2D eigenvalue weighted by Gasteiger charge is -2.29. The minimum absolute atomic E-state index is 0.174. The molecule has 0 bridgehead atoms. The van der Waals surface area contributed by atoms with Gasteiger partial charge in [0, 0.05) is 5.75 Å². The predicted octanol–water partition coefficient (Wildman–Crippen LogP) is 3.58. The van der Waals surface area contributed by atoms with Gasteiger partial charge in [0.1, 0.15) is 6.61 Å². The Morgan fingerprint density at radius 2 is 1.71 bits per heavy atom. The van der Waals surface area contributed by atoms with E-state index in [0.717, 1.165) is 11.3 Å². The van der Waals surface area contributed by atoms with Gasteiger partial charge in [-0.15, -0.1) is 0 Å². The molecule has 31 heavy (non-hydrogen) atoms. The highest BCUT2D eigenvalue weighted by molar-refractivity contribution is 7.97. The number of rotatable bonds is 8. The van der Waals surface area contributed by atoms with E-state index in [1.54, 1.807) is 43.0 Å². The molecule has 2 N–H and O–H groups in total. The highest BCUT2D eigenvalue weighted by Crippen LogP contribution is 2.28. The van der Waals surface area contributed by atoms with Crippen LogP contribution in [0.2, 0.25) is 0 Å². The summed E-state index contributed by atoms with van der Waals surface area (Å²) in [6, 6.07) is 15.0. The van der Waals surface area contributed by atoms with E-state index < -0.39 is 24.0 Å². The second-order valence-electron chi connectivity index (χ2n) is 6.76. The molecule has 1 aliphatic rings. The molecule has 0 radical (unpaired) electrons. The van der Waals surface area contributed by atoms with Gasteiger partial charge in [-0.3, -0.25) is 0 Å². The Kier molecular flexibility index (Phi) is 7.72. The lowest BCUT2D eigenvalue weighted by atomic mass is 9.95. The number of urea groups is 1. The fraction of sp³-hybridized carbons (Fsp3) is 0.261. The number of nitrogens with one attached hydrogen (secondary N) is 2. The van der Waals surface area contributed by atoms with Gasteiger partial charge in [-0.2, -0.15) is 11.8 Å². The van der Waals surface area contributed by atoms with Crippen molar-refractivity contribution in [2.24, 2.45) is 0 Å². The van der Waals surface area contributed by atoms with Crippen molar-refractivity contribution in [3.63, 3.8) is 0 Å². The molecule has 2 aromatic carbocycles. The highest BCUT2D eigenvalue weighted by atomic mass is 32.2. The van der Waals surface area contributed by atoms with E-state index in [1.807, 2.05) is 36.6 Å². The summed E-state index contributed by atoms with van der Waals surface area (Å²) < 4.78 is 10.6. The molecule has 0 aliphatic carbocycles. The van der Waals surface area contributed by atoms with Gasteiger partial charge in [-0.05, 0) is 36.4 Å². The summed E-state index contributed by atoms with van der Waals surface area (Å²) in [5.74, 6) is -0.280. The summed E-state index contributed by atoms with van der Waals surface area (Å²) in [6.07, 6.45) is 2.01. The molecule has 0 unspecified atom stereocenters. The lowest BCUT2D eigenvalue weighted by molar-refractivity contribution is -0.139. The predicted molar refractivity (Wildman–Crippen MR) is 118 cm³/mol. The smallest absolute Gasteiger partial charge is 0.338 e. The number of ether oxygens (including phenoxy) is 2. The monoisotopic (exact) mass is 440 g/mol. The van der Waals surface area contributed by atoms with Crippen LogP contribution in [0.1, 0.15) is 34.5 Å². The normalized spacial score (nSPS) is 15.7. The SMILES string of the molecule is CCOC(=O)C1=C(COC(=O)c2ccc(CSC)cc2)NC(=O)N[C@@H]1c1ccccc1. The topological polar surface area (TPSA) is 93.7 Å². The molecule has 8 heteroatoms. The van der Waals surface area contributed by atoms with E-state index in [1.165, 1.54) is 0 Å². The van der Waals surface area contributed by atoms with E-state index in [0.29, 0.717) is 11.1 Å². The first-order valence-corrected chi connectivity index (χ1v) is 11.2. The zero-order valence-corrected chi connectivity index (χ0v) is 18.2. The van der Waals surface area contributed by atoms with Crippen LogP contribution in [0.15, 0.2) is 65.9 Å². The first-order valence-electron chi connectivity index (χ1n) is 9.81. The number of carbonyl (C=O) groups is 3. The summed E-state index contributed by atoms with van der Waals surface area (Å²) in [6.45, 7) is 1.61. The molecular formula is C23H24N2O5S. The molecule has 0 saturated carbocycles. The van der Waals surface area contributed by atoms with Gasteiger partial charge < -0.3 is 20.1 Å². The minimum Gasteiger partial charge on any atom is -0.463 e. The van der Waals surface area contributed by atoms with Gasteiger partial charge in [0.25, 0.3) is 0 Å². The fourth-order valence-electron chi connectivity index (χ4n) is 3.20. The van der Waals surface area contributed by atoms with Crippen LogP contribution in [-0.2, 0) is 20.0 Å². The molecule has 2 amide bonds. The van der Waals surface area contributed by atoms with E-state index in [-0.39, 0.29) is 24.5 Å². The second-order valence-corrected chi connectivity index (χ2v) is 7.63. The maximum Gasteiger partial charge on any atom is 0.338 e. The molecule has 1 heterocycles. The van der Waals surface area contributed by atoms with Crippen molar-refractivity contribution >= 4 is 29.7 Å². The molecule has 1 atom stereocenters. The molecule has 0 fully saturated rings. The van der Waals surface area contributed by atoms with Crippen LogP contribution in [0.3, 0.4) is 0 Å². The molecular weight excluding hydrogens is 416 g/mol. The van der Waals surface area contributed by atoms with Crippen molar-refractivity contribution in [1.29, 1.82) is 0 Å². The van der Waals surface area contributed by atoms with Crippen molar-refractivity contribution < 1.29 is 23.9 Å². The third-order valence-electron chi connectivity index (χ3n) is 4.63. The fourth-order valence-corrected chi connectivity index (χ4v) is 3.73. The van der Waals surface area contributed by atoms with Crippen LogP contribution >= 0.6 is 11.8 Å². The number of esters is 2. The first kappa shape index (κ1) is 22.4. The molecule has 0 spiro atoms. The molecule has 162 valence electrons. The average Bonchev–Trinajstić information content (AvgIpc) is 2.78. The summed E-state index contributed by atoms with van der Waals surface area (Å²) >= 11 is 1.69. The minimum atomic E-state index is -0.714. The molecule has 7 nitrogen and oxygen atoms in total. The van der Waals surface area contributed by atoms with Gasteiger partial charge in [-0.25, -0.2) is 14.4 Å². The van der Waals surface area contributed by atoms with Crippen LogP contribution in [-0.4, -0.2) is 37.4 Å². The third kappa shape index (κ3) is 5.67. The Balaban J connectivity index is 1.84. The number of hydrogen-bond donors (Lipinski definition) is 2. The van der Waals surface area contributed by atoms with Crippen molar-refractivity contribution in [3.05, 3.63) is 82.6 Å². The van der Waals surface area contributed by atoms with Crippen LogP contribution in [0.4, 0.5) is 4.79 Å². The van der Waals surface area contributed by atoms with Gasteiger partial charge in [0.05, 0.1) is 29.5 Å². The van der Waals surface area contributed by atoms with E-state index in [9.17, 15) is 14.4 Å². The van der Waals surface area contributed by atoms with Crippen LogP contribution in [0, 0.1) is 0 Å². The average molecular weight is 441 g/mol. The van der Waals surface area contributed by atoms with Crippen molar-refractivity contribution in [2.45, 2.75) is 18.7 Å². The van der Waals surface area contributed by atoms with Gasteiger partial charge in [0.2, 0.25) is 0 Å². The summed E-state index contributed by atoms with van der Waals surface area (Å²) in [5.41, 5.74) is 2.61. The van der Waals surface area contributed by atoms with Gasteiger partial charge in [-0.1, -0.05) is 42.5 Å². The molecule has 1 aliphatic heterocycles. The molecule has 0 aromatic heterocycles. The van der Waals surface area contributed by atoms with Crippen LogP contribution < -0.4 is 10.6 Å². The number of carbonyl (C=O) groups excluding carboxylic acids is 3. The summed E-state index contributed by atoms with van der Waals surface area (Å²) in [5, 5.41) is 5.33. The van der Waals surface area contributed by atoms with Gasteiger partial charge >= 0.3 is 18.0 Å². The van der Waals surface area contributed by atoms with E-state index in [2.05, 4.69) is 10.6 Å². The number of thioether (sulfide) groups is 1. The number of benzene rings is 2. The highest BCUT2D eigenvalue weighted by Gasteiger charge is 2.34. The Morgan fingerprint density at radius 3 is 2.35 bits per heavy atom. The van der Waals surface area contributed by atoms with Crippen molar-refractivity contribution in [2.75, 3.05) is 19.5 Å². The Labute approximate surface area is 185 Å². The zero-order chi connectivity index (χ0) is 22.2.